The van der Waals surface area contributed by atoms with Gasteiger partial charge in [-0.2, -0.15) is 0 Å². The molecule has 0 unspecified atom stereocenters. The zero-order valence-electron chi connectivity index (χ0n) is 10.2. The van der Waals surface area contributed by atoms with Crippen LogP contribution >= 0.6 is 27.5 Å². The van der Waals surface area contributed by atoms with E-state index in [2.05, 4.69) is 15.9 Å². The van der Waals surface area contributed by atoms with Gasteiger partial charge in [0, 0.05) is 15.6 Å². The van der Waals surface area contributed by atoms with E-state index in [0.717, 1.165) is 4.47 Å². The standard InChI is InChI=1S/C14H10BrClFNO2/c15-10-2-3-11(16)13(6-10)20-7-9-5-8(14(18)19)1-4-12(9)17/h1-6H,7H2,(H2,18,19). The Bertz CT molecular complexity index is 664. The third kappa shape index (κ3) is 3.49. The van der Waals surface area contributed by atoms with Gasteiger partial charge in [0.05, 0.1) is 5.02 Å². The van der Waals surface area contributed by atoms with Crippen LogP contribution in [0.2, 0.25) is 5.02 Å². The van der Waals surface area contributed by atoms with Crippen molar-refractivity contribution in [3.63, 3.8) is 0 Å². The maximum absolute atomic E-state index is 13.6. The number of benzene rings is 2. The molecule has 0 fully saturated rings. The summed E-state index contributed by atoms with van der Waals surface area (Å²) >= 11 is 9.26. The maximum Gasteiger partial charge on any atom is 0.248 e. The van der Waals surface area contributed by atoms with E-state index in [9.17, 15) is 9.18 Å². The second-order valence-corrected chi connectivity index (χ2v) is 5.36. The van der Waals surface area contributed by atoms with Gasteiger partial charge >= 0.3 is 0 Å². The van der Waals surface area contributed by atoms with Crippen molar-refractivity contribution < 1.29 is 13.9 Å². The molecule has 0 aliphatic rings. The molecule has 0 spiro atoms. The SMILES string of the molecule is NC(=O)c1ccc(F)c(COc2cc(Br)ccc2Cl)c1. The Hall–Kier alpha value is -1.59. The average Bonchev–Trinajstić information content (AvgIpc) is 2.41. The maximum atomic E-state index is 13.6. The largest absolute Gasteiger partial charge is 0.487 e. The Morgan fingerprint density at radius 2 is 2.05 bits per heavy atom. The summed E-state index contributed by atoms with van der Waals surface area (Å²) < 4.78 is 19.9. The lowest BCUT2D eigenvalue weighted by atomic mass is 10.1. The minimum atomic E-state index is -0.619. The van der Waals surface area contributed by atoms with Crippen molar-refractivity contribution in [2.45, 2.75) is 6.61 Å². The molecule has 0 atom stereocenters. The first-order valence-corrected chi connectivity index (χ1v) is 6.80. The number of amides is 1. The van der Waals surface area contributed by atoms with Crippen molar-refractivity contribution in [1.29, 1.82) is 0 Å². The first kappa shape index (κ1) is 14.8. The molecule has 0 radical (unpaired) electrons. The Balaban J connectivity index is 2.20. The molecule has 1 amide bonds. The summed E-state index contributed by atoms with van der Waals surface area (Å²) in [6.45, 7) is -0.0525. The smallest absolute Gasteiger partial charge is 0.248 e. The summed E-state index contributed by atoms with van der Waals surface area (Å²) in [4.78, 5) is 11.1. The van der Waals surface area contributed by atoms with Crippen LogP contribution in [0.1, 0.15) is 15.9 Å². The topological polar surface area (TPSA) is 52.3 Å². The van der Waals surface area contributed by atoms with Crippen LogP contribution in [0.5, 0.6) is 5.75 Å². The van der Waals surface area contributed by atoms with Crippen molar-refractivity contribution >= 4 is 33.4 Å². The second-order valence-electron chi connectivity index (χ2n) is 4.03. The lowest BCUT2D eigenvalue weighted by Gasteiger charge is -2.10. The molecule has 0 saturated heterocycles. The van der Waals surface area contributed by atoms with E-state index < -0.39 is 11.7 Å². The first-order valence-electron chi connectivity index (χ1n) is 5.63. The molecule has 2 aromatic carbocycles. The fraction of sp³-hybridized carbons (Fsp3) is 0.0714. The molecule has 0 bridgehead atoms. The Kier molecular flexibility index (Phi) is 4.62. The van der Waals surface area contributed by atoms with Gasteiger partial charge in [-0.3, -0.25) is 4.79 Å². The molecule has 2 N–H and O–H groups in total. The van der Waals surface area contributed by atoms with E-state index in [4.69, 9.17) is 22.1 Å². The van der Waals surface area contributed by atoms with Gasteiger partial charge in [0.15, 0.2) is 0 Å². The molecule has 3 nitrogen and oxygen atoms in total. The predicted molar refractivity (Wildman–Crippen MR) is 78.4 cm³/mol. The van der Waals surface area contributed by atoms with Gasteiger partial charge < -0.3 is 10.5 Å². The van der Waals surface area contributed by atoms with Crippen LogP contribution in [0.15, 0.2) is 40.9 Å². The molecule has 20 heavy (non-hydrogen) atoms. The number of halogens is 3. The fourth-order valence-corrected chi connectivity index (χ4v) is 2.09. The highest BCUT2D eigenvalue weighted by molar-refractivity contribution is 9.10. The van der Waals surface area contributed by atoms with Crippen LogP contribution in [-0.4, -0.2) is 5.91 Å². The molecule has 104 valence electrons. The molecular weight excluding hydrogens is 349 g/mol. The van der Waals surface area contributed by atoms with Crippen molar-refractivity contribution in [3.8, 4) is 5.75 Å². The quantitative estimate of drug-likeness (QED) is 0.900. The number of primary amides is 1. The number of hydrogen-bond acceptors (Lipinski definition) is 2. The normalized spacial score (nSPS) is 10.3. The minimum Gasteiger partial charge on any atom is -0.487 e. The number of rotatable bonds is 4. The average molecular weight is 359 g/mol. The summed E-state index contributed by atoms with van der Waals surface area (Å²) in [5, 5.41) is 0.416. The summed E-state index contributed by atoms with van der Waals surface area (Å²) in [6, 6.07) is 8.98. The van der Waals surface area contributed by atoms with Crippen molar-refractivity contribution in [2.24, 2.45) is 5.73 Å². The van der Waals surface area contributed by atoms with Gasteiger partial charge in [0.25, 0.3) is 0 Å². The van der Waals surface area contributed by atoms with Crippen LogP contribution < -0.4 is 10.5 Å². The van der Waals surface area contributed by atoms with E-state index in [0.29, 0.717) is 10.8 Å². The van der Waals surface area contributed by atoms with Gasteiger partial charge in [-0.1, -0.05) is 27.5 Å². The van der Waals surface area contributed by atoms with Crippen molar-refractivity contribution in [1.82, 2.24) is 0 Å². The summed E-state index contributed by atoms with van der Waals surface area (Å²) in [5.74, 6) is -0.669. The molecular formula is C14H10BrClFNO2. The highest BCUT2D eigenvalue weighted by Crippen LogP contribution is 2.28. The third-order valence-electron chi connectivity index (χ3n) is 2.61. The van der Waals surface area contributed by atoms with E-state index in [1.165, 1.54) is 18.2 Å². The molecule has 2 rings (SSSR count). The highest BCUT2D eigenvalue weighted by atomic mass is 79.9. The van der Waals surface area contributed by atoms with Gasteiger partial charge in [0.1, 0.15) is 18.2 Å². The molecule has 0 aromatic heterocycles. The van der Waals surface area contributed by atoms with Crippen molar-refractivity contribution in [2.75, 3.05) is 0 Å². The molecule has 6 heteroatoms. The van der Waals surface area contributed by atoms with Crippen molar-refractivity contribution in [3.05, 3.63) is 62.8 Å². The highest BCUT2D eigenvalue weighted by Gasteiger charge is 2.09. The van der Waals surface area contributed by atoms with Crippen LogP contribution in [0, 0.1) is 5.82 Å². The molecule has 0 aliphatic heterocycles. The van der Waals surface area contributed by atoms with Crippen LogP contribution in [0.25, 0.3) is 0 Å². The second kappa shape index (κ2) is 6.24. The number of carbonyl (C=O) groups is 1. The van der Waals surface area contributed by atoms with E-state index in [1.54, 1.807) is 18.2 Å². The Labute approximate surface area is 128 Å². The van der Waals surface area contributed by atoms with Gasteiger partial charge in [-0.05, 0) is 36.4 Å². The fourth-order valence-electron chi connectivity index (χ4n) is 1.58. The summed E-state index contributed by atoms with van der Waals surface area (Å²) in [5.41, 5.74) is 5.62. The van der Waals surface area contributed by atoms with Gasteiger partial charge in [0.2, 0.25) is 5.91 Å². The number of hydrogen-bond donors (Lipinski definition) is 1. The molecule has 0 saturated carbocycles. The molecule has 2 aromatic rings. The number of ether oxygens (including phenoxy) is 1. The molecule has 0 aliphatic carbocycles. The zero-order chi connectivity index (χ0) is 14.7. The lowest BCUT2D eigenvalue weighted by Crippen LogP contribution is -2.12. The van der Waals surface area contributed by atoms with E-state index >= 15 is 0 Å². The lowest BCUT2D eigenvalue weighted by molar-refractivity contribution is 0.1000. The monoisotopic (exact) mass is 357 g/mol. The first-order chi connectivity index (χ1) is 9.47. The summed E-state index contributed by atoms with van der Waals surface area (Å²) in [7, 11) is 0. The van der Waals surface area contributed by atoms with Crippen LogP contribution in [0.3, 0.4) is 0 Å². The predicted octanol–water partition coefficient (Wildman–Crippen LogP) is 3.92. The summed E-state index contributed by atoms with van der Waals surface area (Å²) in [6.07, 6.45) is 0. The van der Waals surface area contributed by atoms with Gasteiger partial charge in [-0.15, -0.1) is 0 Å². The Morgan fingerprint density at radius 3 is 2.75 bits per heavy atom. The Morgan fingerprint density at radius 1 is 1.30 bits per heavy atom. The van der Waals surface area contributed by atoms with Crippen LogP contribution in [0.4, 0.5) is 4.39 Å². The third-order valence-corrected chi connectivity index (χ3v) is 3.41. The number of carbonyl (C=O) groups excluding carboxylic acids is 1. The van der Waals surface area contributed by atoms with E-state index in [-0.39, 0.29) is 17.7 Å². The number of nitrogens with two attached hydrogens (primary N) is 1. The van der Waals surface area contributed by atoms with Gasteiger partial charge in [-0.25, -0.2) is 4.39 Å². The van der Waals surface area contributed by atoms with E-state index in [1.807, 2.05) is 0 Å². The minimum absolute atomic E-state index is 0.0525. The zero-order valence-corrected chi connectivity index (χ0v) is 12.5. The van der Waals surface area contributed by atoms with Crippen LogP contribution in [-0.2, 0) is 6.61 Å². The molecule has 0 heterocycles.